The number of guanidine groups is 1. The van der Waals surface area contributed by atoms with Crippen LogP contribution in [-0.2, 0) is 4.79 Å². The molecule has 2 rings (SSSR count). The summed E-state index contributed by atoms with van der Waals surface area (Å²) in [5.41, 5.74) is 0. The van der Waals surface area contributed by atoms with Crippen LogP contribution in [-0.4, -0.2) is 49.5 Å². The summed E-state index contributed by atoms with van der Waals surface area (Å²) in [5.74, 6) is 1.12. The lowest BCUT2D eigenvalue weighted by molar-refractivity contribution is -0.122. The van der Waals surface area contributed by atoms with Crippen molar-refractivity contribution >= 4 is 11.9 Å². The zero-order valence-corrected chi connectivity index (χ0v) is 8.42. The van der Waals surface area contributed by atoms with E-state index < -0.39 is 0 Å². The average Bonchev–Trinajstić information content (AvgIpc) is 2.56. The van der Waals surface area contributed by atoms with Crippen molar-refractivity contribution < 1.29 is 4.79 Å². The third-order valence-electron chi connectivity index (χ3n) is 2.66. The summed E-state index contributed by atoms with van der Waals surface area (Å²) >= 11 is 0. The molecular weight excluding hydrogens is 180 g/mol. The Balaban J connectivity index is 1.83. The molecule has 2 heterocycles. The third kappa shape index (κ3) is 1.97. The van der Waals surface area contributed by atoms with Gasteiger partial charge in [-0.3, -0.25) is 9.79 Å². The normalized spacial score (nSPS) is 27.2. The van der Waals surface area contributed by atoms with Gasteiger partial charge in [-0.25, -0.2) is 0 Å². The van der Waals surface area contributed by atoms with E-state index in [4.69, 9.17) is 0 Å². The van der Waals surface area contributed by atoms with Crippen LogP contribution >= 0.6 is 0 Å². The van der Waals surface area contributed by atoms with Crippen LogP contribution in [0.15, 0.2) is 4.99 Å². The second-order valence-electron chi connectivity index (χ2n) is 3.81. The van der Waals surface area contributed by atoms with Gasteiger partial charge in [0.15, 0.2) is 5.96 Å². The van der Waals surface area contributed by atoms with Crippen molar-refractivity contribution in [2.45, 2.75) is 18.9 Å². The minimum Gasteiger partial charge on any atom is -0.354 e. The molecule has 1 unspecified atom stereocenters. The van der Waals surface area contributed by atoms with Crippen molar-refractivity contribution in [2.24, 2.45) is 4.99 Å². The summed E-state index contributed by atoms with van der Waals surface area (Å²) in [5, 5.41) is 6.20. The lowest BCUT2D eigenvalue weighted by atomic mass is 10.1. The molecule has 1 saturated heterocycles. The van der Waals surface area contributed by atoms with Crippen molar-refractivity contribution in [3.05, 3.63) is 0 Å². The molecule has 0 aliphatic carbocycles. The number of rotatable bonds is 1. The van der Waals surface area contributed by atoms with Crippen LogP contribution in [0.5, 0.6) is 0 Å². The van der Waals surface area contributed by atoms with E-state index in [0.717, 1.165) is 25.5 Å². The molecule has 1 fully saturated rings. The Morgan fingerprint density at radius 3 is 3.07 bits per heavy atom. The van der Waals surface area contributed by atoms with Gasteiger partial charge >= 0.3 is 0 Å². The minimum absolute atomic E-state index is 0.157. The van der Waals surface area contributed by atoms with Gasteiger partial charge in [-0.2, -0.15) is 0 Å². The standard InChI is InChI=1S/C9H16N4O/c1-13-5-4-10-9(13)12-7-2-3-8(14)11-6-7/h7H,2-6H2,1H3,(H,10,12)(H,11,14). The highest BCUT2D eigenvalue weighted by Gasteiger charge is 2.21. The third-order valence-corrected chi connectivity index (χ3v) is 2.66. The number of piperidine rings is 1. The zero-order valence-electron chi connectivity index (χ0n) is 8.42. The molecular formula is C9H16N4O. The first-order valence-corrected chi connectivity index (χ1v) is 5.04. The average molecular weight is 196 g/mol. The van der Waals surface area contributed by atoms with Gasteiger partial charge in [0.25, 0.3) is 0 Å². The van der Waals surface area contributed by atoms with E-state index in [0.29, 0.717) is 19.0 Å². The maximum Gasteiger partial charge on any atom is 0.220 e. The van der Waals surface area contributed by atoms with Crippen LogP contribution < -0.4 is 10.6 Å². The summed E-state index contributed by atoms with van der Waals surface area (Å²) in [6.07, 6.45) is 1.52. The highest BCUT2D eigenvalue weighted by atomic mass is 16.1. The van der Waals surface area contributed by atoms with Crippen LogP contribution in [0.25, 0.3) is 0 Å². The quantitative estimate of drug-likeness (QED) is 0.575. The number of carbonyl (C=O) groups excluding carboxylic acids is 1. The first-order valence-electron chi connectivity index (χ1n) is 5.04. The van der Waals surface area contributed by atoms with Crippen molar-refractivity contribution in [1.29, 1.82) is 0 Å². The van der Waals surface area contributed by atoms with E-state index in [9.17, 15) is 4.79 Å². The first kappa shape index (κ1) is 9.30. The van der Waals surface area contributed by atoms with Crippen LogP contribution in [0.3, 0.4) is 0 Å². The van der Waals surface area contributed by atoms with Crippen molar-refractivity contribution in [3.8, 4) is 0 Å². The molecule has 1 atom stereocenters. The Bertz CT molecular complexity index is 254. The number of aliphatic imine (C=N–C) groups is 1. The predicted molar refractivity (Wildman–Crippen MR) is 54.1 cm³/mol. The summed E-state index contributed by atoms with van der Waals surface area (Å²) in [6, 6.07) is 0.340. The maximum absolute atomic E-state index is 10.9. The number of nitrogens with zero attached hydrogens (tertiary/aromatic N) is 2. The largest absolute Gasteiger partial charge is 0.354 e. The SMILES string of the molecule is CN1CCN=C1NC1CCC(=O)NC1. The van der Waals surface area contributed by atoms with E-state index in [1.54, 1.807) is 0 Å². The lowest BCUT2D eigenvalue weighted by Crippen LogP contribution is -2.50. The van der Waals surface area contributed by atoms with Crippen molar-refractivity contribution in [2.75, 3.05) is 26.7 Å². The molecule has 0 aromatic carbocycles. The van der Waals surface area contributed by atoms with Gasteiger partial charge in [-0.05, 0) is 6.42 Å². The predicted octanol–water partition coefficient (Wildman–Crippen LogP) is -0.844. The topological polar surface area (TPSA) is 56.7 Å². The van der Waals surface area contributed by atoms with E-state index in [1.165, 1.54) is 0 Å². The molecule has 2 N–H and O–H groups in total. The fraction of sp³-hybridized carbons (Fsp3) is 0.778. The molecule has 0 aromatic rings. The summed E-state index contributed by atoms with van der Waals surface area (Å²) in [6.45, 7) is 2.57. The van der Waals surface area contributed by atoms with E-state index in [1.807, 2.05) is 7.05 Å². The summed E-state index contributed by atoms with van der Waals surface area (Å²) in [4.78, 5) is 17.4. The number of hydrogen-bond donors (Lipinski definition) is 2. The molecule has 78 valence electrons. The van der Waals surface area contributed by atoms with E-state index in [2.05, 4.69) is 20.5 Å². The smallest absolute Gasteiger partial charge is 0.220 e. The van der Waals surface area contributed by atoms with Gasteiger partial charge in [0.2, 0.25) is 5.91 Å². The van der Waals surface area contributed by atoms with Gasteiger partial charge in [0.05, 0.1) is 6.54 Å². The summed E-state index contributed by atoms with van der Waals surface area (Å²) < 4.78 is 0. The van der Waals surface area contributed by atoms with Crippen LogP contribution in [0.4, 0.5) is 0 Å². The Morgan fingerprint density at radius 1 is 1.64 bits per heavy atom. The second-order valence-corrected chi connectivity index (χ2v) is 3.81. The Hall–Kier alpha value is -1.26. The van der Waals surface area contributed by atoms with Gasteiger partial charge in [0, 0.05) is 32.6 Å². The molecule has 0 spiro atoms. The Kier molecular flexibility index (Phi) is 2.56. The number of amides is 1. The van der Waals surface area contributed by atoms with E-state index in [-0.39, 0.29) is 5.91 Å². The Labute approximate surface area is 83.6 Å². The highest BCUT2D eigenvalue weighted by Crippen LogP contribution is 2.04. The van der Waals surface area contributed by atoms with Crippen LogP contribution in [0.2, 0.25) is 0 Å². The zero-order chi connectivity index (χ0) is 9.97. The molecule has 1 amide bonds. The molecule has 0 aromatic heterocycles. The number of hydrogen-bond acceptors (Lipinski definition) is 4. The Morgan fingerprint density at radius 2 is 2.50 bits per heavy atom. The molecule has 2 aliphatic heterocycles. The van der Waals surface area contributed by atoms with Gasteiger partial charge < -0.3 is 15.5 Å². The van der Waals surface area contributed by atoms with Crippen LogP contribution in [0.1, 0.15) is 12.8 Å². The number of likely N-dealkylation sites (N-methyl/N-ethyl adjacent to an activating group) is 1. The molecule has 0 saturated carbocycles. The number of carbonyl (C=O) groups is 1. The molecule has 14 heavy (non-hydrogen) atoms. The monoisotopic (exact) mass is 196 g/mol. The molecule has 0 bridgehead atoms. The maximum atomic E-state index is 10.9. The van der Waals surface area contributed by atoms with Crippen LogP contribution in [0, 0.1) is 0 Å². The molecule has 0 radical (unpaired) electrons. The molecule has 2 aliphatic rings. The fourth-order valence-electron chi connectivity index (χ4n) is 1.73. The molecule has 5 nitrogen and oxygen atoms in total. The minimum atomic E-state index is 0.157. The lowest BCUT2D eigenvalue weighted by Gasteiger charge is -2.26. The van der Waals surface area contributed by atoms with Gasteiger partial charge in [-0.1, -0.05) is 0 Å². The van der Waals surface area contributed by atoms with Crippen molar-refractivity contribution in [1.82, 2.24) is 15.5 Å². The highest BCUT2D eigenvalue weighted by molar-refractivity contribution is 5.82. The first-order chi connectivity index (χ1) is 6.75. The van der Waals surface area contributed by atoms with Gasteiger partial charge in [0.1, 0.15) is 0 Å². The second kappa shape index (κ2) is 3.86. The fourth-order valence-corrected chi connectivity index (χ4v) is 1.73. The van der Waals surface area contributed by atoms with Gasteiger partial charge in [-0.15, -0.1) is 0 Å². The summed E-state index contributed by atoms with van der Waals surface area (Å²) in [7, 11) is 2.03. The van der Waals surface area contributed by atoms with Crippen molar-refractivity contribution in [3.63, 3.8) is 0 Å². The number of nitrogens with one attached hydrogen (secondary N) is 2. The molecule has 5 heteroatoms. The van der Waals surface area contributed by atoms with E-state index >= 15 is 0 Å².